The molecule has 0 amide bonds. The van der Waals surface area contributed by atoms with E-state index in [1.807, 2.05) is 14.0 Å². The molecule has 0 aliphatic heterocycles. The number of likely N-dealkylation sites (N-methyl/N-ethyl adjacent to an activating group) is 1. The number of hydrogen-bond acceptors (Lipinski definition) is 7. The fourth-order valence-corrected chi connectivity index (χ4v) is 2.02. The van der Waals surface area contributed by atoms with Gasteiger partial charge in [0, 0.05) is 24.6 Å². The molecule has 0 aliphatic carbocycles. The quantitative estimate of drug-likeness (QED) is 0.837. The fraction of sp³-hybridized carbons (Fsp3) is 0.467. The van der Waals surface area contributed by atoms with E-state index in [9.17, 15) is 0 Å². The Kier molecular flexibility index (Phi) is 5.21. The molecule has 0 spiro atoms. The molecule has 0 aliphatic rings. The molecule has 0 fully saturated rings. The standard InChI is InChI=1S/C15H21N3O4/c1-9(16-2)6-14-17-15(22-18-14)10-7-12(20-4)13(21-5)8-11(10)19-3/h7-9,16H,6H2,1-5H3. The van der Waals surface area contributed by atoms with E-state index in [2.05, 4.69) is 15.5 Å². The molecule has 1 atom stereocenters. The first-order chi connectivity index (χ1) is 10.6. The lowest BCUT2D eigenvalue weighted by molar-refractivity contribution is 0.348. The monoisotopic (exact) mass is 307 g/mol. The number of ether oxygens (including phenoxy) is 3. The van der Waals surface area contributed by atoms with Crippen molar-refractivity contribution in [1.82, 2.24) is 15.5 Å². The zero-order chi connectivity index (χ0) is 16.1. The van der Waals surface area contributed by atoms with Gasteiger partial charge in [-0.1, -0.05) is 5.16 Å². The topological polar surface area (TPSA) is 78.6 Å². The molecule has 1 unspecified atom stereocenters. The Morgan fingerprint density at radius 1 is 1.09 bits per heavy atom. The third-order valence-electron chi connectivity index (χ3n) is 3.39. The third-order valence-corrected chi connectivity index (χ3v) is 3.39. The van der Waals surface area contributed by atoms with Crippen molar-refractivity contribution >= 4 is 0 Å². The molecule has 0 saturated carbocycles. The second-order valence-corrected chi connectivity index (χ2v) is 4.82. The highest BCUT2D eigenvalue weighted by Crippen LogP contribution is 2.39. The highest BCUT2D eigenvalue weighted by Gasteiger charge is 2.19. The van der Waals surface area contributed by atoms with Crippen molar-refractivity contribution in [3.05, 3.63) is 18.0 Å². The van der Waals surface area contributed by atoms with Crippen molar-refractivity contribution in [3.8, 4) is 28.7 Å². The Morgan fingerprint density at radius 2 is 1.73 bits per heavy atom. The van der Waals surface area contributed by atoms with Gasteiger partial charge in [0.1, 0.15) is 5.75 Å². The van der Waals surface area contributed by atoms with Crippen molar-refractivity contribution < 1.29 is 18.7 Å². The predicted octanol–water partition coefficient (Wildman–Crippen LogP) is 1.91. The lowest BCUT2D eigenvalue weighted by Crippen LogP contribution is -2.24. The first-order valence-electron chi connectivity index (χ1n) is 6.93. The molecule has 1 aromatic carbocycles. The van der Waals surface area contributed by atoms with E-state index in [-0.39, 0.29) is 6.04 Å². The molecule has 120 valence electrons. The summed E-state index contributed by atoms with van der Waals surface area (Å²) < 4.78 is 21.3. The molecule has 2 aromatic rings. The van der Waals surface area contributed by atoms with Crippen LogP contribution in [0.1, 0.15) is 12.7 Å². The summed E-state index contributed by atoms with van der Waals surface area (Å²) in [5.41, 5.74) is 0.663. The van der Waals surface area contributed by atoms with Gasteiger partial charge >= 0.3 is 0 Å². The van der Waals surface area contributed by atoms with E-state index < -0.39 is 0 Å². The molecule has 1 aromatic heterocycles. The van der Waals surface area contributed by atoms with Crippen LogP contribution in [0.25, 0.3) is 11.5 Å². The van der Waals surface area contributed by atoms with Gasteiger partial charge in [0.25, 0.3) is 5.89 Å². The van der Waals surface area contributed by atoms with Crippen LogP contribution in [0.5, 0.6) is 17.2 Å². The maximum atomic E-state index is 5.38. The maximum Gasteiger partial charge on any atom is 0.261 e. The SMILES string of the molecule is CNC(C)Cc1noc(-c2cc(OC)c(OC)cc2OC)n1. The van der Waals surface area contributed by atoms with Crippen molar-refractivity contribution in [1.29, 1.82) is 0 Å². The zero-order valence-electron chi connectivity index (χ0n) is 13.5. The molecule has 1 heterocycles. The molecule has 0 radical (unpaired) electrons. The van der Waals surface area contributed by atoms with Gasteiger partial charge < -0.3 is 24.1 Å². The summed E-state index contributed by atoms with van der Waals surface area (Å²) in [6, 6.07) is 3.75. The molecule has 2 rings (SSSR count). The number of hydrogen-bond donors (Lipinski definition) is 1. The highest BCUT2D eigenvalue weighted by molar-refractivity contribution is 5.68. The van der Waals surface area contributed by atoms with E-state index in [1.165, 1.54) is 0 Å². The van der Waals surface area contributed by atoms with Crippen molar-refractivity contribution in [2.75, 3.05) is 28.4 Å². The first-order valence-corrected chi connectivity index (χ1v) is 6.93. The molecule has 0 bridgehead atoms. The lowest BCUT2D eigenvalue weighted by Gasteiger charge is -2.11. The Morgan fingerprint density at radius 3 is 2.32 bits per heavy atom. The van der Waals surface area contributed by atoms with Crippen molar-refractivity contribution in [2.45, 2.75) is 19.4 Å². The van der Waals surface area contributed by atoms with Crippen LogP contribution in [-0.2, 0) is 6.42 Å². The number of benzene rings is 1. The van der Waals surface area contributed by atoms with Crippen LogP contribution in [0.15, 0.2) is 16.7 Å². The zero-order valence-corrected chi connectivity index (χ0v) is 13.5. The van der Waals surface area contributed by atoms with Crippen LogP contribution in [0.3, 0.4) is 0 Å². The van der Waals surface area contributed by atoms with Crippen molar-refractivity contribution in [3.63, 3.8) is 0 Å². The largest absolute Gasteiger partial charge is 0.496 e. The summed E-state index contributed by atoms with van der Waals surface area (Å²) >= 11 is 0. The minimum Gasteiger partial charge on any atom is -0.496 e. The normalized spacial score (nSPS) is 12.0. The predicted molar refractivity (Wildman–Crippen MR) is 81.6 cm³/mol. The minimum absolute atomic E-state index is 0.262. The van der Waals surface area contributed by atoms with E-state index in [0.717, 1.165) is 0 Å². The van der Waals surface area contributed by atoms with Crippen LogP contribution in [0, 0.1) is 0 Å². The lowest BCUT2D eigenvalue weighted by atomic mass is 10.1. The summed E-state index contributed by atoms with van der Waals surface area (Å²) in [6.45, 7) is 2.05. The molecule has 0 saturated heterocycles. The van der Waals surface area contributed by atoms with Gasteiger partial charge in [0.15, 0.2) is 17.3 Å². The second-order valence-electron chi connectivity index (χ2n) is 4.82. The van der Waals surface area contributed by atoms with E-state index >= 15 is 0 Å². The van der Waals surface area contributed by atoms with Crippen LogP contribution in [0.2, 0.25) is 0 Å². The summed E-state index contributed by atoms with van der Waals surface area (Å²) in [5, 5.41) is 7.14. The fourth-order valence-electron chi connectivity index (χ4n) is 2.02. The maximum absolute atomic E-state index is 5.38. The van der Waals surface area contributed by atoms with Gasteiger partial charge in [-0.15, -0.1) is 0 Å². The Balaban J connectivity index is 2.39. The summed E-state index contributed by atoms with van der Waals surface area (Å²) in [6.07, 6.45) is 0.676. The van der Waals surface area contributed by atoms with E-state index in [4.69, 9.17) is 18.7 Å². The summed E-state index contributed by atoms with van der Waals surface area (Å²) in [5.74, 6) is 2.74. The van der Waals surface area contributed by atoms with Crippen molar-refractivity contribution in [2.24, 2.45) is 0 Å². The van der Waals surface area contributed by atoms with Crippen LogP contribution in [0.4, 0.5) is 0 Å². The Hall–Kier alpha value is -2.28. The van der Waals surface area contributed by atoms with Crippen LogP contribution >= 0.6 is 0 Å². The number of aromatic nitrogens is 2. The molecule has 7 nitrogen and oxygen atoms in total. The average Bonchev–Trinajstić information content (AvgIpc) is 3.01. The number of nitrogens with one attached hydrogen (secondary N) is 1. The smallest absolute Gasteiger partial charge is 0.261 e. The molecule has 7 heteroatoms. The van der Waals surface area contributed by atoms with Gasteiger partial charge in [0.05, 0.1) is 26.9 Å². The molecule has 1 N–H and O–H groups in total. The number of methoxy groups -OCH3 is 3. The van der Waals surface area contributed by atoms with Crippen LogP contribution in [-0.4, -0.2) is 44.6 Å². The molecular weight excluding hydrogens is 286 g/mol. The van der Waals surface area contributed by atoms with Gasteiger partial charge in [-0.25, -0.2) is 0 Å². The number of rotatable bonds is 7. The summed E-state index contributed by atoms with van der Waals surface area (Å²) in [7, 11) is 6.61. The Labute approximate surface area is 129 Å². The minimum atomic E-state index is 0.262. The van der Waals surface area contributed by atoms with E-state index in [0.29, 0.717) is 40.9 Å². The highest BCUT2D eigenvalue weighted by atomic mass is 16.5. The third kappa shape index (κ3) is 3.30. The van der Waals surface area contributed by atoms with Crippen LogP contribution < -0.4 is 19.5 Å². The van der Waals surface area contributed by atoms with Gasteiger partial charge in [0.2, 0.25) is 0 Å². The Bertz CT molecular complexity index is 627. The van der Waals surface area contributed by atoms with Gasteiger partial charge in [-0.05, 0) is 14.0 Å². The molecular formula is C15H21N3O4. The number of nitrogens with zero attached hydrogens (tertiary/aromatic N) is 2. The average molecular weight is 307 g/mol. The van der Waals surface area contributed by atoms with Gasteiger partial charge in [-0.3, -0.25) is 0 Å². The van der Waals surface area contributed by atoms with E-state index in [1.54, 1.807) is 33.5 Å². The molecule has 22 heavy (non-hydrogen) atoms. The van der Waals surface area contributed by atoms with Gasteiger partial charge in [-0.2, -0.15) is 4.98 Å². The second kappa shape index (κ2) is 7.13. The first kappa shape index (κ1) is 16.1. The summed E-state index contributed by atoms with van der Waals surface area (Å²) in [4.78, 5) is 4.41.